The van der Waals surface area contributed by atoms with Gasteiger partial charge in [0.05, 0.1) is 17.5 Å². The minimum Gasteiger partial charge on any atom is -0.383 e. The van der Waals surface area contributed by atoms with Gasteiger partial charge in [-0.05, 0) is 53.8 Å². The van der Waals surface area contributed by atoms with Crippen LogP contribution in [0, 0.1) is 5.92 Å². The number of thioether (sulfide) groups is 1. The summed E-state index contributed by atoms with van der Waals surface area (Å²) in [6.45, 7) is 0. The fourth-order valence-electron chi connectivity index (χ4n) is 4.21. The van der Waals surface area contributed by atoms with E-state index in [0.29, 0.717) is 16.8 Å². The SMILES string of the molecule is Nc1cc(N)nc(SCC(=O)N2N=C3/C(=C\c4cccs4)CCC[C@H]3[C@H]2c2cccs2)n1. The summed E-state index contributed by atoms with van der Waals surface area (Å²) in [6, 6.07) is 9.73. The van der Waals surface area contributed by atoms with E-state index in [9.17, 15) is 4.79 Å². The van der Waals surface area contributed by atoms with Gasteiger partial charge in [-0.1, -0.05) is 23.9 Å². The summed E-state index contributed by atoms with van der Waals surface area (Å²) in [4.78, 5) is 24.0. The number of nitrogen functional groups attached to an aromatic ring is 2. The second-order valence-electron chi connectivity index (χ2n) is 7.66. The van der Waals surface area contributed by atoms with Gasteiger partial charge in [-0.2, -0.15) is 5.10 Å². The number of nitrogens with zero attached hydrogens (tertiary/aromatic N) is 4. The van der Waals surface area contributed by atoms with Crippen LogP contribution < -0.4 is 11.5 Å². The van der Waals surface area contributed by atoms with Gasteiger partial charge in [0.1, 0.15) is 11.6 Å². The molecule has 164 valence electrons. The molecule has 2 atom stereocenters. The van der Waals surface area contributed by atoms with Crippen LogP contribution in [0.5, 0.6) is 0 Å². The third kappa shape index (κ3) is 4.30. The molecule has 1 saturated carbocycles. The Hall–Kier alpha value is -2.69. The lowest BCUT2D eigenvalue weighted by atomic mass is 9.79. The molecular weight excluding hydrogens is 460 g/mol. The van der Waals surface area contributed by atoms with Crippen molar-refractivity contribution >= 4 is 63.8 Å². The highest BCUT2D eigenvalue weighted by molar-refractivity contribution is 7.99. The maximum atomic E-state index is 13.3. The molecule has 1 aliphatic heterocycles. The lowest BCUT2D eigenvalue weighted by molar-refractivity contribution is -0.130. The standard InChI is InChI=1S/C22H22N6OS3/c23-17-11-18(24)26-22(25-17)32-12-19(29)28-21(16-7-3-9-31-16)15-6-1-4-13(20(15)27-28)10-14-5-2-8-30-14/h2-3,5,7-11,15,21H,1,4,6,12H2,(H4,23,24,25,26)/b13-10-/t15-,21+/m1/s1. The quantitative estimate of drug-likeness (QED) is 0.404. The average molecular weight is 483 g/mol. The summed E-state index contributed by atoms with van der Waals surface area (Å²) in [5, 5.41) is 11.1. The predicted molar refractivity (Wildman–Crippen MR) is 133 cm³/mol. The van der Waals surface area contributed by atoms with Crippen molar-refractivity contribution in [2.24, 2.45) is 11.0 Å². The Morgan fingerprint density at radius 1 is 1.19 bits per heavy atom. The van der Waals surface area contributed by atoms with Crippen LogP contribution >= 0.6 is 34.4 Å². The zero-order chi connectivity index (χ0) is 22.1. The molecule has 0 unspecified atom stereocenters. The van der Waals surface area contributed by atoms with Crippen molar-refractivity contribution in [3.63, 3.8) is 0 Å². The molecule has 3 aromatic rings. The minimum atomic E-state index is -0.0737. The van der Waals surface area contributed by atoms with Crippen molar-refractivity contribution in [2.45, 2.75) is 30.5 Å². The van der Waals surface area contributed by atoms with E-state index in [-0.39, 0.29) is 23.6 Å². The molecule has 10 heteroatoms. The number of anilines is 2. The number of nitrogens with two attached hydrogens (primary N) is 2. The van der Waals surface area contributed by atoms with E-state index in [1.54, 1.807) is 27.7 Å². The summed E-state index contributed by atoms with van der Waals surface area (Å²) in [5.41, 5.74) is 13.8. The van der Waals surface area contributed by atoms with Gasteiger partial charge < -0.3 is 11.5 Å². The van der Waals surface area contributed by atoms with E-state index in [2.05, 4.69) is 45.0 Å². The van der Waals surface area contributed by atoms with Gasteiger partial charge in [0.2, 0.25) is 0 Å². The maximum absolute atomic E-state index is 13.3. The van der Waals surface area contributed by atoms with Crippen LogP contribution in [-0.2, 0) is 4.79 Å². The zero-order valence-electron chi connectivity index (χ0n) is 17.2. The van der Waals surface area contributed by atoms with Crippen LogP contribution in [0.15, 0.2) is 56.9 Å². The van der Waals surface area contributed by atoms with E-state index >= 15 is 0 Å². The van der Waals surface area contributed by atoms with Gasteiger partial charge in [-0.3, -0.25) is 4.79 Å². The summed E-state index contributed by atoms with van der Waals surface area (Å²) >= 11 is 4.62. The third-order valence-corrected chi connectivity index (χ3v) is 8.12. The third-order valence-electron chi connectivity index (χ3n) is 5.52. The highest BCUT2D eigenvalue weighted by Gasteiger charge is 2.44. The number of fused-ring (bicyclic) bond motifs is 1. The predicted octanol–water partition coefficient (Wildman–Crippen LogP) is 4.68. The van der Waals surface area contributed by atoms with Crippen molar-refractivity contribution in [3.05, 3.63) is 56.4 Å². The van der Waals surface area contributed by atoms with Crippen LogP contribution in [0.25, 0.3) is 6.08 Å². The summed E-state index contributed by atoms with van der Waals surface area (Å²) in [7, 11) is 0. The van der Waals surface area contributed by atoms with Crippen molar-refractivity contribution in [2.75, 3.05) is 17.2 Å². The zero-order valence-corrected chi connectivity index (χ0v) is 19.6. The van der Waals surface area contributed by atoms with E-state index in [1.165, 1.54) is 28.3 Å². The van der Waals surface area contributed by atoms with Crippen LogP contribution in [0.1, 0.15) is 35.1 Å². The molecule has 4 heterocycles. The number of carbonyl (C=O) groups is 1. The summed E-state index contributed by atoms with van der Waals surface area (Å²) in [6.07, 6.45) is 5.33. The second-order valence-corrected chi connectivity index (χ2v) is 10.6. The molecule has 3 aromatic heterocycles. The van der Waals surface area contributed by atoms with Gasteiger partial charge in [-0.15, -0.1) is 22.7 Å². The van der Waals surface area contributed by atoms with E-state index in [4.69, 9.17) is 16.6 Å². The van der Waals surface area contributed by atoms with Crippen molar-refractivity contribution in [1.29, 1.82) is 0 Å². The molecular formula is C22H22N6OS3. The molecule has 7 nitrogen and oxygen atoms in total. The van der Waals surface area contributed by atoms with Gasteiger partial charge >= 0.3 is 0 Å². The lowest BCUT2D eigenvalue weighted by Gasteiger charge is -2.28. The molecule has 1 amide bonds. The monoisotopic (exact) mass is 482 g/mol. The van der Waals surface area contributed by atoms with Gasteiger partial charge in [-0.25, -0.2) is 15.0 Å². The van der Waals surface area contributed by atoms with E-state index < -0.39 is 0 Å². The molecule has 0 radical (unpaired) electrons. The molecule has 0 spiro atoms. The smallest absolute Gasteiger partial charge is 0.253 e. The van der Waals surface area contributed by atoms with Gasteiger partial charge in [0.25, 0.3) is 5.91 Å². The highest BCUT2D eigenvalue weighted by atomic mass is 32.2. The Balaban J connectivity index is 1.43. The number of hydrazone groups is 1. The number of thiophene rings is 2. The Morgan fingerprint density at radius 2 is 1.97 bits per heavy atom. The minimum absolute atomic E-state index is 0.0723. The van der Waals surface area contributed by atoms with Crippen molar-refractivity contribution in [1.82, 2.24) is 15.0 Å². The van der Waals surface area contributed by atoms with Crippen LogP contribution in [0.4, 0.5) is 11.6 Å². The molecule has 1 fully saturated rings. The highest BCUT2D eigenvalue weighted by Crippen LogP contribution is 2.45. The summed E-state index contributed by atoms with van der Waals surface area (Å²) < 4.78 is 0. The molecule has 32 heavy (non-hydrogen) atoms. The molecule has 2 aliphatic rings. The van der Waals surface area contributed by atoms with Crippen LogP contribution in [0.2, 0.25) is 0 Å². The molecule has 4 N–H and O–H groups in total. The van der Waals surface area contributed by atoms with Crippen molar-refractivity contribution < 1.29 is 4.79 Å². The second kappa shape index (κ2) is 9.05. The normalized spacial score (nSPS) is 21.6. The number of rotatable bonds is 5. The van der Waals surface area contributed by atoms with Gasteiger partial charge in [0.15, 0.2) is 5.16 Å². The fourth-order valence-corrected chi connectivity index (χ4v) is 6.49. The molecule has 0 bridgehead atoms. The summed E-state index contributed by atoms with van der Waals surface area (Å²) in [5.74, 6) is 0.884. The Labute approximate surface area is 198 Å². The number of amides is 1. The topological polar surface area (TPSA) is 110 Å². The molecule has 0 saturated heterocycles. The molecule has 0 aromatic carbocycles. The van der Waals surface area contributed by atoms with Crippen molar-refractivity contribution in [3.8, 4) is 0 Å². The first-order valence-corrected chi connectivity index (χ1v) is 13.0. The van der Waals surface area contributed by atoms with Gasteiger partial charge in [0, 0.05) is 21.7 Å². The number of hydrogen-bond acceptors (Lipinski definition) is 9. The lowest BCUT2D eigenvalue weighted by Crippen LogP contribution is -2.32. The molecule has 1 aliphatic carbocycles. The Kier molecular flexibility index (Phi) is 5.99. The number of carbonyl (C=O) groups excluding carboxylic acids is 1. The molecule has 5 rings (SSSR count). The Morgan fingerprint density at radius 3 is 2.69 bits per heavy atom. The van der Waals surface area contributed by atoms with Crippen LogP contribution in [-0.4, -0.2) is 32.3 Å². The average Bonchev–Trinajstić information content (AvgIpc) is 3.52. The maximum Gasteiger partial charge on any atom is 0.253 e. The number of allylic oxidation sites excluding steroid dienone is 1. The van der Waals surface area contributed by atoms with E-state index in [0.717, 1.165) is 29.9 Å². The number of aromatic nitrogens is 2. The Bertz CT molecular complexity index is 1150. The first-order valence-electron chi connectivity index (χ1n) is 10.3. The first-order chi connectivity index (χ1) is 15.6. The van der Waals surface area contributed by atoms with E-state index in [1.807, 2.05) is 6.07 Å². The van der Waals surface area contributed by atoms with Crippen LogP contribution in [0.3, 0.4) is 0 Å². The number of hydrogen-bond donors (Lipinski definition) is 2. The first kappa shape index (κ1) is 21.2. The fraction of sp³-hybridized carbons (Fsp3) is 0.273. The largest absolute Gasteiger partial charge is 0.383 e.